The first-order valence-electron chi connectivity index (χ1n) is 8.51. The van der Waals surface area contributed by atoms with E-state index in [-0.39, 0.29) is 0 Å². The quantitative estimate of drug-likeness (QED) is 0.435. The van der Waals surface area contributed by atoms with E-state index in [9.17, 15) is 5.11 Å². The van der Waals surface area contributed by atoms with Gasteiger partial charge in [-0.1, -0.05) is 66.2 Å². The summed E-state index contributed by atoms with van der Waals surface area (Å²) in [5, 5.41) is 15.5. The normalized spacial score (nSPS) is 12.6. The van der Waals surface area contributed by atoms with Crippen LogP contribution in [0.5, 0.6) is 0 Å². The summed E-state index contributed by atoms with van der Waals surface area (Å²) in [4.78, 5) is 0. The molecule has 1 N–H and O–H groups in total. The SMILES string of the molecule is CC(O)Cc1cc(Cl)ccc1-c1cc2ccccc2c2ccccc12. The second kappa shape index (κ2) is 6.51. The molecule has 0 saturated carbocycles. The van der Waals surface area contributed by atoms with E-state index < -0.39 is 6.10 Å². The van der Waals surface area contributed by atoms with Crippen LogP contribution in [0.2, 0.25) is 5.02 Å². The lowest BCUT2D eigenvalue weighted by molar-refractivity contribution is 0.195. The monoisotopic (exact) mass is 346 g/mol. The molecule has 1 nitrogen and oxygen atoms in total. The highest BCUT2D eigenvalue weighted by Crippen LogP contribution is 2.37. The number of aliphatic hydroxyl groups excluding tert-OH is 1. The number of rotatable bonds is 3. The molecule has 4 rings (SSSR count). The fourth-order valence-electron chi connectivity index (χ4n) is 3.59. The Morgan fingerprint density at radius 2 is 1.48 bits per heavy atom. The van der Waals surface area contributed by atoms with E-state index in [0.717, 1.165) is 11.1 Å². The van der Waals surface area contributed by atoms with Crippen LogP contribution in [0.4, 0.5) is 0 Å². The number of hydrogen-bond acceptors (Lipinski definition) is 1. The molecule has 0 aromatic heterocycles. The Balaban J connectivity index is 2.07. The molecule has 0 radical (unpaired) electrons. The maximum Gasteiger partial charge on any atom is 0.0552 e. The van der Waals surface area contributed by atoms with Crippen LogP contribution >= 0.6 is 11.6 Å². The van der Waals surface area contributed by atoms with Gasteiger partial charge in [0.1, 0.15) is 0 Å². The van der Waals surface area contributed by atoms with Gasteiger partial charge in [0.25, 0.3) is 0 Å². The topological polar surface area (TPSA) is 20.2 Å². The Bertz CT molecular complexity index is 1070. The van der Waals surface area contributed by atoms with Crippen molar-refractivity contribution in [3.05, 3.63) is 83.4 Å². The molecule has 25 heavy (non-hydrogen) atoms. The van der Waals surface area contributed by atoms with Crippen LogP contribution in [0.3, 0.4) is 0 Å². The standard InChI is InChI=1S/C23H19ClO/c1-15(25)12-17-13-18(24)10-11-20(17)23-14-16-6-2-3-7-19(16)21-8-4-5-9-22(21)23/h2-11,13-15,25H,12H2,1H3. The average molecular weight is 347 g/mol. The second-order valence-electron chi connectivity index (χ2n) is 6.55. The zero-order chi connectivity index (χ0) is 17.4. The van der Waals surface area contributed by atoms with Crippen molar-refractivity contribution in [1.82, 2.24) is 0 Å². The Morgan fingerprint density at radius 1 is 0.800 bits per heavy atom. The molecule has 1 unspecified atom stereocenters. The summed E-state index contributed by atoms with van der Waals surface area (Å²) in [5.74, 6) is 0. The van der Waals surface area contributed by atoms with Gasteiger partial charge in [-0.05, 0) is 69.8 Å². The summed E-state index contributed by atoms with van der Waals surface area (Å²) in [6, 6.07) is 25.2. The zero-order valence-electron chi connectivity index (χ0n) is 14.0. The van der Waals surface area contributed by atoms with Crippen LogP contribution < -0.4 is 0 Å². The highest BCUT2D eigenvalue weighted by molar-refractivity contribution is 6.30. The van der Waals surface area contributed by atoms with Crippen molar-refractivity contribution in [2.45, 2.75) is 19.4 Å². The number of hydrogen-bond donors (Lipinski definition) is 1. The third-order valence-corrected chi connectivity index (χ3v) is 4.88. The molecule has 0 spiro atoms. The van der Waals surface area contributed by atoms with Crippen molar-refractivity contribution in [1.29, 1.82) is 0 Å². The van der Waals surface area contributed by atoms with E-state index in [1.54, 1.807) is 0 Å². The lowest BCUT2D eigenvalue weighted by Crippen LogP contribution is -2.05. The van der Waals surface area contributed by atoms with Gasteiger partial charge in [-0.25, -0.2) is 0 Å². The van der Waals surface area contributed by atoms with Crippen LogP contribution in [0.1, 0.15) is 12.5 Å². The van der Waals surface area contributed by atoms with Gasteiger partial charge in [-0.2, -0.15) is 0 Å². The van der Waals surface area contributed by atoms with E-state index in [1.807, 2.05) is 19.1 Å². The van der Waals surface area contributed by atoms with Crippen molar-refractivity contribution in [3.8, 4) is 11.1 Å². The zero-order valence-corrected chi connectivity index (χ0v) is 14.8. The van der Waals surface area contributed by atoms with Crippen LogP contribution in [0, 0.1) is 0 Å². The molecule has 0 amide bonds. The summed E-state index contributed by atoms with van der Waals surface area (Å²) in [6.45, 7) is 1.81. The van der Waals surface area contributed by atoms with Crippen molar-refractivity contribution in [2.24, 2.45) is 0 Å². The van der Waals surface area contributed by atoms with Gasteiger partial charge in [0.2, 0.25) is 0 Å². The summed E-state index contributed by atoms with van der Waals surface area (Å²) in [5.41, 5.74) is 3.39. The van der Waals surface area contributed by atoms with Crippen molar-refractivity contribution < 1.29 is 5.11 Å². The Labute approximate surface area is 152 Å². The minimum Gasteiger partial charge on any atom is -0.393 e. The summed E-state index contributed by atoms with van der Waals surface area (Å²) >= 11 is 6.22. The number of aliphatic hydroxyl groups is 1. The number of halogens is 1. The van der Waals surface area contributed by atoms with Gasteiger partial charge in [0.15, 0.2) is 0 Å². The van der Waals surface area contributed by atoms with Gasteiger partial charge < -0.3 is 5.11 Å². The molecule has 4 aromatic carbocycles. The third-order valence-electron chi connectivity index (χ3n) is 4.64. The van der Waals surface area contributed by atoms with Crippen molar-refractivity contribution >= 4 is 33.1 Å². The van der Waals surface area contributed by atoms with E-state index in [4.69, 9.17) is 11.6 Å². The predicted octanol–water partition coefficient (Wildman–Crippen LogP) is 6.24. The molecular weight excluding hydrogens is 328 g/mol. The average Bonchev–Trinajstić information content (AvgIpc) is 2.61. The smallest absolute Gasteiger partial charge is 0.0552 e. The molecule has 0 heterocycles. The van der Waals surface area contributed by atoms with Crippen LogP contribution in [0.15, 0.2) is 72.8 Å². The van der Waals surface area contributed by atoms with Gasteiger partial charge in [-0.15, -0.1) is 0 Å². The molecule has 0 aliphatic rings. The van der Waals surface area contributed by atoms with Gasteiger partial charge in [0.05, 0.1) is 6.10 Å². The van der Waals surface area contributed by atoms with E-state index in [2.05, 4.69) is 60.7 Å². The van der Waals surface area contributed by atoms with Crippen LogP contribution in [-0.4, -0.2) is 11.2 Å². The highest BCUT2D eigenvalue weighted by Gasteiger charge is 2.13. The Hall–Kier alpha value is -2.35. The van der Waals surface area contributed by atoms with Crippen molar-refractivity contribution in [3.63, 3.8) is 0 Å². The molecule has 1 atom stereocenters. The molecule has 2 heteroatoms. The first-order chi connectivity index (χ1) is 12.1. The molecule has 0 aliphatic carbocycles. The largest absolute Gasteiger partial charge is 0.393 e. The predicted molar refractivity (Wildman–Crippen MR) is 107 cm³/mol. The molecule has 0 saturated heterocycles. The first kappa shape index (κ1) is 16.1. The number of benzene rings is 4. The Kier molecular flexibility index (Phi) is 4.20. The van der Waals surface area contributed by atoms with Crippen molar-refractivity contribution in [2.75, 3.05) is 0 Å². The molecule has 0 fully saturated rings. The maximum atomic E-state index is 9.91. The van der Waals surface area contributed by atoms with Gasteiger partial charge in [0, 0.05) is 5.02 Å². The molecule has 4 aromatic rings. The highest BCUT2D eigenvalue weighted by atomic mass is 35.5. The van der Waals surface area contributed by atoms with Crippen LogP contribution in [-0.2, 0) is 6.42 Å². The molecule has 124 valence electrons. The lowest BCUT2D eigenvalue weighted by Gasteiger charge is -2.16. The maximum absolute atomic E-state index is 9.91. The third kappa shape index (κ3) is 3.02. The minimum absolute atomic E-state index is 0.413. The fraction of sp³-hybridized carbons (Fsp3) is 0.130. The van der Waals surface area contributed by atoms with E-state index in [0.29, 0.717) is 11.4 Å². The van der Waals surface area contributed by atoms with Gasteiger partial charge >= 0.3 is 0 Å². The van der Waals surface area contributed by atoms with Gasteiger partial charge in [-0.3, -0.25) is 0 Å². The number of fused-ring (bicyclic) bond motifs is 3. The molecular formula is C23H19ClO. The fourth-order valence-corrected chi connectivity index (χ4v) is 3.78. The minimum atomic E-state index is -0.413. The van der Waals surface area contributed by atoms with E-state index >= 15 is 0 Å². The lowest BCUT2D eigenvalue weighted by atomic mass is 9.90. The second-order valence-corrected chi connectivity index (χ2v) is 6.98. The molecule has 0 bridgehead atoms. The summed E-state index contributed by atoms with van der Waals surface area (Å²) in [7, 11) is 0. The van der Waals surface area contributed by atoms with Crippen LogP contribution in [0.25, 0.3) is 32.7 Å². The first-order valence-corrected chi connectivity index (χ1v) is 8.88. The summed E-state index contributed by atoms with van der Waals surface area (Å²) in [6.07, 6.45) is 0.167. The van der Waals surface area contributed by atoms with E-state index in [1.165, 1.54) is 27.1 Å². The molecule has 0 aliphatic heterocycles. The summed E-state index contributed by atoms with van der Waals surface area (Å²) < 4.78 is 0. The Morgan fingerprint density at radius 3 is 2.24 bits per heavy atom.